The first-order chi connectivity index (χ1) is 15.0. The molecule has 0 spiro atoms. The van der Waals surface area contributed by atoms with Gasteiger partial charge in [0, 0.05) is 37.9 Å². The summed E-state index contributed by atoms with van der Waals surface area (Å²) in [5.41, 5.74) is 4.89. The molecular weight excluding hydrogens is 515 g/mol. The lowest BCUT2D eigenvalue weighted by molar-refractivity contribution is -0.00833. The number of ether oxygens (including phenoxy) is 1. The fraction of sp³-hybridized carbons (Fsp3) is 0.520. The van der Waals surface area contributed by atoms with E-state index in [1.54, 1.807) is 6.07 Å². The van der Waals surface area contributed by atoms with Crippen molar-refractivity contribution < 1.29 is 4.74 Å². The molecule has 32 heavy (non-hydrogen) atoms. The number of morpholine rings is 1. The molecule has 1 N–H and O–H groups in total. The third kappa shape index (κ3) is 7.07. The molecule has 2 aromatic rings. The standard InChI is InChI=1S/C25H36N4O2.HI/c1-5-26-25(27-13-6-7-14-29-21(4)9-8-10-24(29)30)28-15-16-31-23(18-28)22-12-11-19(2)17-20(22)3;/h8-12,17,23H,5-7,13-16,18H2,1-4H3,(H,26,27);1H. The Morgan fingerprint density at radius 1 is 1.19 bits per heavy atom. The van der Waals surface area contributed by atoms with Crippen molar-refractivity contribution in [1.82, 2.24) is 14.8 Å². The zero-order valence-corrected chi connectivity index (χ0v) is 22.1. The predicted molar refractivity (Wildman–Crippen MR) is 142 cm³/mol. The summed E-state index contributed by atoms with van der Waals surface area (Å²) in [6.07, 6.45) is 1.94. The van der Waals surface area contributed by atoms with Crippen molar-refractivity contribution in [3.63, 3.8) is 0 Å². The van der Waals surface area contributed by atoms with Crippen LogP contribution in [0.15, 0.2) is 46.2 Å². The van der Waals surface area contributed by atoms with E-state index in [1.165, 1.54) is 16.7 Å². The van der Waals surface area contributed by atoms with Crippen LogP contribution in [0.2, 0.25) is 0 Å². The number of pyridine rings is 1. The van der Waals surface area contributed by atoms with Gasteiger partial charge < -0.3 is 19.5 Å². The van der Waals surface area contributed by atoms with Gasteiger partial charge in [0.25, 0.3) is 5.56 Å². The second-order valence-electron chi connectivity index (χ2n) is 8.27. The quantitative estimate of drug-likeness (QED) is 0.242. The van der Waals surface area contributed by atoms with Crippen molar-refractivity contribution in [3.05, 3.63) is 69.1 Å². The van der Waals surface area contributed by atoms with Gasteiger partial charge in [-0.2, -0.15) is 0 Å². The Kier molecular flexibility index (Phi) is 10.7. The van der Waals surface area contributed by atoms with Crippen LogP contribution in [0.5, 0.6) is 0 Å². The zero-order chi connectivity index (χ0) is 22.2. The van der Waals surface area contributed by atoms with Gasteiger partial charge in [-0.3, -0.25) is 9.79 Å². The van der Waals surface area contributed by atoms with Crippen LogP contribution in [-0.2, 0) is 11.3 Å². The highest BCUT2D eigenvalue weighted by molar-refractivity contribution is 14.0. The molecule has 0 saturated carbocycles. The van der Waals surface area contributed by atoms with Crippen LogP contribution in [-0.4, -0.2) is 48.2 Å². The SMILES string of the molecule is CCNC(=NCCCCn1c(C)cccc1=O)N1CCOC(c2ccc(C)cc2C)C1.I. The average molecular weight is 553 g/mol. The molecule has 6 nitrogen and oxygen atoms in total. The fourth-order valence-electron chi connectivity index (χ4n) is 4.12. The number of aromatic nitrogens is 1. The summed E-state index contributed by atoms with van der Waals surface area (Å²) >= 11 is 0. The highest BCUT2D eigenvalue weighted by Gasteiger charge is 2.25. The van der Waals surface area contributed by atoms with Gasteiger partial charge in [0.15, 0.2) is 5.96 Å². The Hall–Kier alpha value is -1.87. The molecule has 3 rings (SSSR count). The van der Waals surface area contributed by atoms with Gasteiger partial charge in [0.05, 0.1) is 13.2 Å². The lowest BCUT2D eigenvalue weighted by Gasteiger charge is -2.36. The van der Waals surface area contributed by atoms with E-state index in [1.807, 2.05) is 23.6 Å². The second kappa shape index (κ2) is 13.0. The molecule has 0 bridgehead atoms. The van der Waals surface area contributed by atoms with Crippen molar-refractivity contribution in [3.8, 4) is 0 Å². The molecule has 0 aliphatic carbocycles. The summed E-state index contributed by atoms with van der Waals surface area (Å²) in [5, 5.41) is 3.44. The molecule has 0 amide bonds. The number of aryl methyl sites for hydroxylation is 3. The molecule has 1 aliphatic rings. The molecule has 1 aromatic heterocycles. The Labute approximate surface area is 209 Å². The first-order valence-corrected chi connectivity index (χ1v) is 11.4. The van der Waals surface area contributed by atoms with Crippen LogP contribution in [0.3, 0.4) is 0 Å². The maximum Gasteiger partial charge on any atom is 0.250 e. The molecule has 7 heteroatoms. The Morgan fingerprint density at radius 3 is 2.72 bits per heavy atom. The number of halogens is 1. The van der Waals surface area contributed by atoms with Gasteiger partial charge in [-0.15, -0.1) is 24.0 Å². The molecule has 1 aliphatic heterocycles. The maximum absolute atomic E-state index is 12.0. The minimum Gasteiger partial charge on any atom is -0.370 e. The predicted octanol–water partition coefficient (Wildman–Crippen LogP) is 4.21. The number of nitrogens with one attached hydrogen (secondary N) is 1. The molecule has 2 heterocycles. The molecule has 1 fully saturated rings. The van der Waals surface area contributed by atoms with Gasteiger partial charge in [0.1, 0.15) is 6.10 Å². The maximum atomic E-state index is 12.0. The lowest BCUT2D eigenvalue weighted by Crippen LogP contribution is -2.48. The lowest BCUT2D eigenvalue weighted by atomic mass is 10.00. The van der Waals surface area contributed by atoms with Gasteiger partial charge in [-0.05, 0) is 57.7 Å². The van der Waals surface area contributed by atoms with Crippen molar-refractivity contribution in [2.75, 3.05) is 32.8 Å². The molecule has 0 radical (unpaired) electrons. The number of rotatable bonds is 7. The van der Waals surface area contributed by atoms with Crippen LogP contribution in [0, 0.1) is 20.8 Å². The largest absolute Gasteiger partial charge is 0.370 e. The van der Waals surface area contributed by atoms with Gasteiger partial charge in [0.2, 0.25) is 0 Å². The Bertz CT molecular complexity index is 957. The topological polar surface area (TPSA) is 58.9 Å². The number of hydrogen-bond donors (Lipinski definition) is 1. The van der Waals surface area contributed by atoms with Gasteiger partial charge in [-0.25, -0.2) is 0 Å². The smallest absolute Gasteiger partial charge is 0.250 e. The number of aliphatic imine (C=N–C) groups is 1. The van der Waals surface area contributed by atoms with E-state index in [2.05, 4.69) is 49.2 Å². The third-order valence-electron chi connectivity index (χ3n) is 5.79. The first-order valence-electron chi connectivity index (χ1n) is 11.4. The monoisotopic (exact) mass is 552 g/mol. The molecule has 1 saturated heterocycles. The molecule has 1 aromatic carbocycles. The van der Waals surface area contributed by atoms with Crippen LogP contribution >= 0.6 is 24.0 Å². The van der Waals surface area contributed by atoms with Crippen molar-refractivity contribution in [2.24, 2.45) is 4.99 Å². The van der Waals surface area contributed by atoms with Gasteiger partial charge >= 0.3 is 0 Å². The van der Waals surface area contributed by atoms with Crippen LogP contribution in [0.4, 0.5) is 0 Å². The minimum atomic E-state index is 0. The first kappa shape index (κ1) is 26.4. The molecular formula is C25H37IN4O2. The second-order valence-corrected chi connectivity index (χ2v) is 8.27. The Balaban J connectivity index is 0.00000363. The molecule has 176 valence electrons. The highest BCUT2D eigenvalue weighted by Crippen LogP contribution is 2.26. The highest BCUT2D eigenvalue weighted by atomic mass is 127. The Morgan fingerprint density at radius 2 is 2.00 bits per heavy atom. The number of benzene rings is 1. The molecule has 1 atom stereocenters. The number of hydrogen-bond acceptors (Lipinski definition) is 3. The van der Waals surface area contributed by atoms with E-state index in [0.29, 0.717) is 6.61 Å². The molecule has 1 unspecified atom stereocenters. The van der Waals surface area contributed by atoms with E-state index >= 15 is 0 Å². The summed E-state index contributed by atoms with van der Waals surface area (Å²) in [5.74, 6) is 0.952. The summed E-state index contributed by atoms with van der Waals surface area (Å²) in [7, 11) is 0. The average Bonchev–Trinajstić information content (AvgIpc) is 2.74. The summed E-state index contributed by atoms with van der Waals surface area (Å²) in [6, 6.07) is 12.0. The van der Waals surface area contributed by atoms with E-state index in [4.69, 9.17) is 9.73 Å². The number of nitrogens with zero attached hydrogens (tertiary/aromatic N) is 3. The van der Waals surface area contributed by atoms with Crippen LogP contribution in [0.25, 0.3) is 0 Å². The van der Waals surface area contributed by atoms with Crippen LogP contribution < -0.4 is 10.9 Å². The van der Waals surface area contributed by atoms with Crippen LogP contribution in [0.1, 0.15) is 48.3 Å². The number of guanidine groups is 1. The van der Waals surface area contributed by atoms with Crippen molar-refractivity contribution >= 4 is 29.9 Å². The fourth-order valence-corrected chi connectivity index (χ4v) is 4.12. The van der Waals surface area contributed by atoms with Gasteiger partial charge in [-0.1, -0.05) is 29.8 Å². The van der Waals surface area contributed by atoms with E-state index in [-0.39, 0.29) is 35.6 Å². The van der Waals surface area contributed by atoms with Crippen molar-refractivity contribution in [1.29, 1.82) is 0 Å². The van der Waals surface area contributed by atoms with E-state index in [9.17, 15) is 4.79 Å². The normalized spacial score (nSPS) is 16.6. The summed E-state index contributed by atoms with van der Waals surface area (Å²) in [4.78, 5) is 19.2. The van der Waals surface area contributed by atoms with E-state index < -0.39 is 0 Å². The van der Waals surface area contributed by atoms with Crippen molar-refractivity contribution in [2.45, 2.75) is 53.2 Å². The third-order valence-corrected chi connectivity index (χ3v) is 5.79. The zero-order valence-electron chi connectivity index (χ0n) is 19.8. The minimum absolute atomic E-state index is 0. The number of unbranched alkanes of at least 4 members (excludes halogenated alkanes) is 1. The summed E-state index contributed by atoms with van der Waals surface area (Å²) in [6.45, 7) is 13.0. The summed E-state index contributed by atoms with van der Waals surface area (Å²) < 4.78 is 7.94. The van der Waals surface area contributed by atoms with E-state index in [0.717, 1.165) is 57.2 Å².